The van der Waals surface area contributed by atoms with Crippen molar-refractivity contribution in [1.82, 2.24) is 10.2 Å². The summed E-state index contributed by atoms with van der Waals surface area (Å²) in [6, 6.07) is 6.31. The Balaban J connectivity index is 1.61. The molecule has 1 aromatic carbocycles. The number of nitrogens with one attached hydrogen (secondary N) is 1. The van der Waals surface area contributed by atoms with Crippen molar-refractivity contribution in [2.45, 2.75) is 62.7 Å². The molecule has 1 atom stereocenters. The van der Waals surface area contributed by atoms with Crippen molar-refractivity contribution in [3.8, 4) is 5.75 Å². The summed E-state index contributed by atoms with van der Waals surface area (Å²) in [7, 11) is 3.56. The van der Waals surface area contributed by atoms with Crippen molar-refractivity contribution in [1.29, 1.82) is 0 Å². The number of nitrogens with zero attached hydrogens (tertiary/aromatic N) is 1. The average molecular weight is 387 g/mol. The molecule has 1 aromatic rings. The number of hydrogen-bond acceptors (Lipinski definition) is 4. The number of ether oxygens (including phenoxy) is 2. The molecule has 0 aromatic heterocycles. The standard InChI is InChI=1S/C21H26N2O3S/c1-23-18(24)21(22-19(23)27)17-11-16(26-15-5-6-15)4-3-13(17)12-20(21)9-7-14(25-2)8-10-20/h3-4,11,14-15H,5-10,12H2,1-2H3,(H,22,27). The van der Waals surface area contributed by atoms with Crippen molar-refractivity contribution in [2.24, 2.45) is 5.41 Å². The molecule has 144 valence electrons. The number of amides is 1. The molecule has 6 heteroatoms. The lowest BCUT2D eigenvalue weighted by atomic mass is 9.61. The average Bonchev–Trinajstić information content (AvgIpc) is 3.41. The molecule has 1 heterocycles. The van der Waals surface area contributed by atoms with Crippen molar-refractivity contribution >= 4 is 23.2 Å². The maximum atomic E-state index is 13.6. The molecule has 5 nitrogen and oxygen atoms in total. The van der Waals surface area contributed by atoms with Crippen LogP contribution in [0.25, 0.3) is 0 Å². The second kappa shape index (κ2) is 5.92. The van der Waals surface area contributed by atoms with E-state index in [1.54, 1.807) is 19.1 Å². The van der Waals surface area contributed by atoms with E-state index >= 15 is 0 Å². The van der Waals surface area contributed by atoms with Crippen LogP contribution in [0.2, 0.25) is 0 Å². The van der Waals surface area contributed by atoms with E-state index in [0.717, 1.165) is 56.3 Å². The molecule has 0 bridgehead atoms. The van der Waals surface area contributed by atoms with Gasteiger partial charge >= 0.3 is 0 Å². The first-order valence-corrected chi connectivity index (χ1v) is 10.3. The summed E-state index contributed by atoms with van der Waals surface area (Å²) >= 11 is 5.51. The molecule has 3 aliphatic carbocycles. The van der Waals surface area contributed by atoms with Gasteiger partial charge in [-0.25, -0.2) is 0 Å². The first-order chi connectivity index (χ1) is 13.0. The van der Waals surface area contributed by atoms with E-state index in [9.17, 15) is 4.79 Å². The summed E-state index contributed by atoms with van der Waals surface area (Å²) in [6.45, 7) is 0. The van der Waals surface area contributed by atoms with E-state index < -0.39 is 5.54 Å². The molecule has 2 spiro atoms. The van der Waals surface area contributed by atoms with Gasteiger partial charge in [0.05, 0.1) is 12.2 Å². The first-order valence-electron chi connectivity index (χ1n) is 9.92. The molecular weight excluding hydrogens is 360 g/mol. The van der Waals surface area contributed by atoms with E-state index in [-0.39, 0.29) is 17.4 Å². The van der Waals surface area contributed by atoms with E-state index in [2.05, 4.69) is 23.5 Å². The minimum atomic E-state index is -0.768. The van der Waals surface area contributed by atoms with Gasteiger partial charge in [0.1, 0.15) is 5.75 Å². The number of thiocarbonyl (C=S) groups is 1. The number of benzene rings is 1. The number of likely N-dealkylation sites (N-methyl/N-ethyl adjacent to an activating group) is 1. The SMILES string of the molecule is COC1CCC2(CC1)Cc1ccc(OC3CC3)cc1C21NC(=S)N(C)C1=O. The Labute approximate surface area is 165 Å². The number of hydrogen-bond donors (Lipinski definition) is 1. The van der Waals surface area contributed by atoms with Crippen LogP contribution in [0.3, 0.4) is 0 Å². The van der Waals surface area contributed by atoms with E-state index in [1.807, 2.05) is 0 Å². The highest BCUT2D eigenvalue weighted by Crippen LogP contribution is 2.60. The molecule has 1 N–H and O–H groups in total. The van der Waals surface area contributed by atoms with Crippen LogP contribution < -0.4 is 10.1 Å². The number of fused-ring (bicyclic) bond motifs is 3. The Hall–Kier alpha value is -1.66. The predicted molar refractivity (Wildman–Crippen MR) is 106 cm³/mol. The number of carbonyl (C=O) groups is 1. The molecule has 3 fully saturated rings. The zero-order valence-electron chi connectivity index (χ0n) is 15.9. The van der Waals surface area contributed by atoms with Crippen molar-refractivity contribution < 1.29 is 14.3 Å². The van der Waals surface area contributed by atoms with Gasteiger partial charge in [0, 0.05) is 19.6 Å². The van der Waals surface area contributed by atoms with Gasteiger partial charge in [-0.15, -0.1) is 0 Å². The normalized spacial score (nSPS) is 35.0. The van der Waals surface area contributed by atoms with Crippen molar-refractivity contribution in [3.05, 3.63) is 29.3 Å². The third-order valence-electron chi connectivity index (χ3n) is 7.08. The van der Waals surface area contributed by atoms with Gasteiger partial charge in [-0.1, -0.05) is 6.07 Å². The van der Waals surface area contributed by atoms with Gasteiger partial charge in [-0.3, -0.25) is 9.69 Å². The van der Waals surface area contributed by atoms with Crippen LogP contribution in [0, 0.1) is 5.41 Å². The van der Waals surface area contributed by atoms with Crippen LogP contribution in [0.4, 0.5) is 0 Å². The molecule has 1 amide bonds. The summed E-state index contributed by atoms with van der Waals surface area (Å²) < 4.78 is 11.6. The second-order valence-corrected chi connectivity index (χ2v) is 8.96. The van der Waals surface area contributed by atoms with Crippen LogP contribution >= 0.6 is 12.2 Å². The molecule has 4 aliphatic rings. The Kier molecular flexibility index (Phi) is 3.82. The number of methoxy groups -OCH3 is 1. The lowest BCUT2D eigenvalue weighted by Crippen LogP contribution is -2.56. The quantitative estimate of drug-likeness (QED) is 0.810. The largest absolute Gasteiger partial charge is 0.490 e. The van der Waals surface area contributed by atoms with Crippen LogP contribution in [-0.4, -0.2) is 42.3 Å². The molecule has 2 saturated carbocycles. The fourth-order valence-electron chi connectivity index (χ4n) is 5.41. The second-order valence-electron chi connectivity index (χ2n) is 8.57. The predicted octanol–water partition coefficient (Wildman–Crippen LogP) is 2.90. The lowest BCUT2D eigenvalue weighted by molar-refractivity contribution is -0.137. The van der Waals surface area contributed by atoms with Crippen LogP contribution in [0.15, 0.2) is 18.2 Å². The molecule has 1 saturated heterocycles. The van der Waals surface area contributed by atoms with Gasteiger partial charge in [0.15, 0.2) is 10.7 Å². The van der Waals surface area contributed by atoms with Gasteiger partial charge in [0.2, 0.25) is 0 Å². The summed E-state index contributed by atoms with van der Waals surface area (Å²) in [5.41, 5.74) is 1.38. The Morgan fingerprint density at radius 2 is 1.93 bits per heavy atom. The molecule has 27 heavy (non-hydrogen) atoms. The zero-order valence-corrected chi connectivity index (χ0v) is 16.7. The van der Waals surface area contributed by atoms with Gasteiger partial charge in [-0.2, -0.15) is 0 Å². The smallest absolute Gasteiger partial charge is 0.259 e. The van der Waals surface area contributed by atoms with Gasteiger partial charge < -0.3 is 14.8 Å². The highest BCUT2D eigenvalue weighted by atomic mass is 32.1. The summed E-state index contributed by atoms with van der Waals surface area (Å²) in [5.74, 6) is 0.944. The molecule has 5 rings (SSSR count). The molecule has 1 unspecified atom stereocenters. The van der Waals surface area contributed by atoms with E-state index in [0.29, 0.717) is 11.2 Å². The van der Waals surface area contributed by atoms with E-state index in [4.69, 9.17) is 21.7 Å². The number of carbonyl (C=O) groups excluding carboxylic acids is 1. The van der Waals surface area contributed by atoms with Crippen molar-refractivity contribution in [2.75, 3.05) is 14.2 Å². The van der Waals surface area contributed by atoms with Gasteiger partial charge in [-0.05, 0) is 80.4 Å². The third kappa shape index (κ3) is 2.39. The Morgan fingerprint density at radius 3 is 2.52 bits per heavy atom. The monoisotopic (exact) mass is 386 g/mol. The third-order valence-corrected chi connectivity index (χ3v) is 7.46. The Bertz CT molecular complexity index is 814. The van der Waals surface area contributed by atoms with Crippen LogP contribution in [0.1, 0.15) is 49.7 Å². The highest BCUT2D eigenvalue weighted by Gasteiger charge is 2.66. The lowest BCUT2D eigenvalue weighted by Gasteiger charge is -2.46. The molecule has 1 aliphatic heterocycles. The molecular formula is C21H26N2O3S. The highest BCUT2D eigenvalue weighted by molar-refractivity contribution is 7.80. The summed E-state index contributed by atoms with van der Waals surface area (Å²) in [6.07, 6.45) is 7.61. The fourth-order valence-corrected chi connectivity index (χ4v) is 5.64. The van der Waals surface area contributed by atoms with E-state index in [1.165, 1.54) is 5.56 Å². The van der Waals surface area contributed by atoms with Crippen molar-refractivity contribution in [3.63, 3.8) is 0 Å². The number of rotatable bonds is 3. The maximum Gasteiger partial charge on any atom is 0.259 e. The van der Waals surface area contributed by atoms with Gasteiger partial charge in [0.25, 0.3) is 5.91 Å². The van der Waals surface area contributed by atoms with Crippen LogP contribution in [0.5, 0.6) is 5.75 Å². The van der Waals surface area contributed by atoms with Crippen LogP contribution in [-0.2, 0) is 21.5 Å². The summed E-state index contributed by atoms with van der Waals surface area (Å²) in [4.78, 5) is 15.2. The topological polar surface area (TPSA) is 50.8 Å². The summed E-state index contributed by atoms with van der Waals surface area (Å²) in [5, 5.41) is 4.01. The zero-order chi connectivity index (χ0) is 18.8. The minimum Gasteiger partial charge on any atom is -0.490 e. The maximum absolute atomic E-state index is 13.6. The fraction of sp³-hybridized carbons (Fsp3) is 0.619. The molecule has 0 radical (unpaired) electrons. The Morgan fingerprint density at radius 1 is 1.19 bits per heavy atom. The first kappa shape index (κ1) is 17.4. The minimum absolute atomic E-state index is 0.0747.